The lowest BCUT2D eigenvalue weighted by molar-refractivity contribution is -0.127. The molecule has 0 N–H and O–H groups in total. The second-order valence-corrected chi connectivity index (χ2v) is 9.96. The number of carbonyl (C=O) groups is 2. The van der Waals surface area contributed by atoms with Crippen LogP contribution in [-0.2, 0) is 9.59 Å². The van der Waals surface area contributed by atoms with Gasteiger partial charge in [-0.05, 0) is 89.8 Å². The summed E-state index contributed by atoms with van der Waals surface area (Å²) in [5.74, 6) is 1.39. The Labute approximate surface area is 157 Å². The van der Waals surface area contributed by atoms with Crippen LogP contribution in [-0.4, -0.2) is 17.7 Å². The maximum atomic E-state index is 15.1. The van der Waals surface area contributed by atoms with Crippen molar-refractivity contribution in [2.45, 2.75) is 59.0 Å². The molecule has 25 heavy (non-hydrogen) atoms. The summed E-state index contributed by atoms with van der Waals surface area (Å²) in [5.41, 5.74) is 0.312. The van der Waals surface area contributed by atoms with Crippen LogP contribution in [0.25, 0.3) is 0 Å². The van der Waals surface area contributed by atoms with E-state index in [9.17, 15) is 9.59 Å². The minimum Gasteiger partial charge on any atom is -0.300 e. The third kappa shape index (κ3) is 2.32. The maximum Gasteiger partial charge on any atom is 0.192 e. The zero-order valence-corrected chi connectivity index (χ0v) is 16.7. The molecular formula is C21H26BrFO2. The van der Waals surface area contributed by atoms with Gasteiger partial charge in [0.15, 0.2) is 5.78 Å². The molecule has 0 aromatic rings. The first-order chi connectivity index (χ1) is 11.7. The van der Waals surface area contributed by atoms with Crippen molar-refractivity contribution in [3.63, 3.8) is 0 Å². The van der Waals surface area contributed by atoms with Crippen molar-refractivity contribution in [2.24, 2.45) is 34.5 Å². The number of fused-ring (bicyclic) bond motifs is 5. The predicted octanol–water partition coefficient (Wildman–Crippen LogP) is 5.17. The Hall–Kier alpha value is -0.770. The molecule has 0 aromatic heterocycles. The number of alkyl halides is 1. The van der Waals surface area contributed by atoms with E-state index in [2.05, 4.69) is 29.8 Å². The van der Waals surface area contributed by atoms with E-state index < -0.39 is 6.17 Å². The topological polar surface area (TPSA) is 34.1 Å². The van der Waals surface area contributed by atoms with Crippen molar-refractivity contribution in [1.29, 1.82) is 0 Å². The largest absolute Gasteiger partial charge is 0.300 e. The van der Waals surface area contributed by atoms with E-state index in [1.807, 2.05) is 6.08 Å². The summed E-state index contributed by atoms with van der Waals surface area (Å²) in [7, 11) is 0. The third-order valence-corrected chi connectivity index (χ3v) is 8.70. The fraction of sp³-hybridized carbons (Fsp3) is 0.714. The van der Waals surface area contributed by atoms with Gasteiger partial charge in [-0.1, -0.05) is 19.9 Å². The van der Waals surface area contributed by atoms with E-state index in [4.69, 9.17) is 0 Å². The minimum atomic E-state index is -1.05. The Morgan fingerprint density at radius 3 is 2.64 bits per heavy atom. The quantitative estimate of drug-likeness (QED) is 0.599. The Morgan fingerprint density at radius 1 is 1.24 bits per heavy atom. The number of carbonyl (C=O) groups excluding carboxylic acids is 2. The van der Waals surface area contributed by atoms with Crippen molar-refractivity contribution in [1.82, 2.24) is 0 Å². The molecule has 0 bridgehead atoms. The molecule has 3 saturated carbocycles. The lowest BCUT2D eigenvalue weighted by Gasteiger charge is -2.57. The normalized spacial score (nSPS) is 48.8. The van der Waals surface area contributed by atoms with E-state index in [1.54, 1.807) is 6.92 Å². The van der Waals surface area contributed by atoms with E-state index in [1.165, 1.54) is 6.08 Å². The van der Waals surface area contributed by atoms with E-state index >= 15 is 4.39 Å². The van der Waals surface area contributed by atoms with Gasteiger partial charge in [-0.3, -0.25) is 9.59 Å². The third-order valence-electron chi connectivity index (χ3n) is 8.09. The first kappa shape index (κ1) is 17.6. The van der Waals surface area contributed by atoms with Gasteiger partial charge >= 0.3 is 0 Å². The average Bonchev–Trinajstić information content (AvgIpc) is 2.88. The van der Waals surface area contributed by atoms with Gasteiger partial charge in [0.25, 0.3) is 0 Å². The van der Waals surface area contributed by atoms with Crippen LogP contribution in [0.1, 0.15) is 52.9 Å². The molecule has 7 atom stereocenters. The molecule has 0 aliphatic heterocycles. The summed E-state index contributed by atoms with van der Waals surface area (Å²) < 4.78 is 15.7. The lowest BCUT2D eigenvalue weighted by Crippen LogP contribution is -2.52. The molecule has 4 aliphatic rings. The van der Waals surface area contributed by atoms with Gasteiger partial charge in [-0.15, -0.1) is 0 Å². The number of allylic oxidation sites excluding steroid dienone is 4. The smallest absolute Gasteiger partial charge is 0.192 e. The minimum absolute atomic E-state index is 0.0235. The Morgan fingerprint density at radius 2 is 1.96 bits per heavy atom. The first-order valence-corrected chi connectivity index (χ1v) is 10.3. The number of halogens is 2. The maximum absolute atomic E-state index is 15.1. The summed E-state index contributed by atoms with van der Waals surface area (Å²) in [6.45, 7) is 6.10. The average molecular weight is 409 g/mol. The molecule has 0 saturated heterocycles. The van der Waals surface area contributed by atoms with E-state index in [-0.39, 0.29) is 22.5 Å². The molecule has 0 aromatic carbocycles. The van der Waals surface area contributed by atoms with Gasteiger partial charge in [0.2, 0.25) is 0 Å². The van der Waals surface area contributed by atoms with Crippen LogP contribution in [0, 0.1) is 34.5 Å². The fourth-order valence-electron chi connectivity index (χ4n) is 6.93. The van der Waals surface area contributed by atoms with E-state index in [0.717, 1.165) is 25.7 Å². The molecule has 136 valence electrons. The molecule has 1 unspecified atom stereocenters. The molecule has 0 radical (unpaired) electrons. The van der Waals surface area contributed by atoms with Gasteiger partial charge in [-0.2, -0.15) is 0 Å². The van der Waals surface area contributed by atoms with Gasteiger partial charge in [0, 0.05) is 11.3 Å². The summed E-state index contributed by atoms with van der Waals surface area (Å²) in [6, 6.07) is 0. The van der Waals surface area contributed by atoms with Gasteiger partial charge in [-0.25, -0.2) is 4.39 Å². The van der Waals surface area contributed by atoms with Crippen LogP contribution in [0.15, 0.2) is 22.2 Å². The number of ketones is 2. The molecule has 0 heterocycles. The highest BCUT2D eigenvalue weighted by Gasteiger charge is 2.61. The molecule has 2 nitrogen and oxygen atoms in total. The second kappa shape index (κ2) is 5.61. The summed E-state index contributed by atoms with van der Waals surface area (Å²) in [6.07, 6.45) is 6.98. The molecule has 4 rings (SSSR count). The highest BCUT2D eigenvalue weighted by atomic mass is 79.9. The number of rotatable bonds is 1. The van der Waals surface area contributed by atoms with Crippen LogP contribution in [0.2, 0.25) is 0 Å². The van der Waals surface area contributed by atoms with Crippen molar-refractivity contribution in [3.8, 4) is 0 Å². The highest BCUT2D eigenvalue weighted by Crippen LogP contribution is 2.66. The van der Waals surface area contributed by atoms with Crippen molar-refractivity contribution in [3.05, 3.63) is 22.2 Å². The number of Topliss-reactive ketones (excluding diaryl/α,β-unsaturated/α-hetero) is 1. The van der Waals surface area contributed by atoms with Gasteiger partial charge in [0.1, 0.15) is 12.0 Å². The molecule has 0 spiro atoms. The van der Waals surface area contributed by atoms with Crippen LogP contribution in [0.5, 0.6) is 0 Å². The standard InChI is InChI=1S/C21H26BrFO2/c1-11(24)13-4-5-14-12-8-18(23)16-9-19(25)17(22)10-21(16,3)15(12)6-7-20(13,14)2/h9-10,12-15,18H,4-8H2,1-3H3/t12-,13+,14-,15-,18?,20+,21+/m0/s1. The van der Waals surface area contributed by atoms with Crippen LogP contribution in [0.4, 0.5) is 4.39 Å². The molecule has 0 amide bonds. The van der Waals surface area contributed by atoms with Gasteiger partial charge in [0.05, 0.1) is 4.48 Å². The molecule has 4 aliphatic carbocycles. The molecule has 3 fully saturated rings. The monoisotopic (exact) mass is 408 g/mol. The second-order valence-electron chi connectivity index (χ2n) is 9.10. The van der Waals surface area contributed by atoms with Crippen molar-refractivity contribution >= 4 is 27.5 Å². The zero-order chi connectivity index (χ0) is 18.1. The van der Waals surface area contributed by atoms with Crippen molar-refractivity contribution in [2.75, 3.05) is 0 Å². The summed E-state index contributed by atoms with van der Waals surface area (Å²) in [4.78, 5) is 24.2. The Balaban J connectivity index is 1.74. The summed E-state index contributed by atoms with van der Waals surface area (Å²) in [5, 5.41) is 0. The number of hydrogen-bond donors (Lipinski definition) is 0. The first-order valence-electron chi connectivity index (χ1n) is 9.47. The number of hydrogen-bond acceptors (Lipinski definition) is 2. The van der Waals surface area contributed by atoms with E-state index in [0.29, 0.717) is 40.0 Å². The predicted molar refractivity (Wildman–Crippen MR) is 98.9 cm³/mol. The molecule has 4 heteroatoms. The van der Waals surface area contributed by atoms with Gasteiger partial charge < -0.3 is 0 Å². The molecular weight excluding hydrogens is 383 g/mol. The van der Waals surface area contributed by atoms with Crippen molar-refractivity contribution < 1.29 is 14.0 Å². The Kier molecular flexibility index (Phi) is 3.96. The lowest BCUT2D eigenvalue weighted by atomic mass is 9.47. The van der Waals surface area contributed by atoms with Crippen LogP contribution >= 0.6 is 15.9 Å². The summed E-state index contributed by atoms with van der Waals surface area (Å²) >= 11 is 3.38. The zero-order valence-electron chi connectivity index (χ0n) is 15.1. The SMILES string of the molecule is CC(=O)[C@H]1CC[C@H]2[C@@H]3CC(F)C4=CC(=O)C(Br)=C[C@]4(C)[C@H]3CC[C@]12C. The fourth-order valence-corrected chi connectivity index (χ4v) is 7.52. The highest BCUT2D eigenvalue weighted by molar-refractivity contribution is 9.12. The van der Waals surface area contributed by atoms with Crippen LogP contribution in [0.3, 0.4) is 0 Å². The Bertz CT molecular complexity index is 711. The van der Waals surface area contributed by atoms with Crippen LogP contribution < -0.4 is 0 Å².